The molecule has 0 saturated heterocycles. The molecule has 128 heavy (non-hydrogen) atoms. The molecular formula is C118H74N8O2. The van der Waals surface area contributed by atoms with E-state index in [1.165, 1.54) is 82.7 Å². The second kappa shape index (κ2) is 28.4. The summed E-state index contributed by atoms with van der Waals surface area (Å²) in [7, 11) is 0. The van der Waals surface area contributed by atoms with Gasteiger partial charge < -0.3 is 18.0 Å². The minimum absolute atomic E-state index is 0.142. The summed E-state index contributed by atoms with van der Waals surface area (Å²) in [6, 6.07) is 147. The second-order valence-corrected chi connectivity index (χ2v) is 34.3. The van der Waals surface area contributed by atoms with Gasteiger partial charge in [-0.25, -0.2) is 29.9 Å². The van der Waals surface area contributed by atoms with Crippen molar-refractivity contribution >= 4 is 87.5 Å². The molecule has 0 saturated carbocycles. The molecule has 27 rings (SSSR count). The Morgan fingerprint density at radius 1 is 0.195 bits per heavy atom. The molecule has 0 atom stereocenters. The molecule has 0 aliphatic heterocycles. The number of aromatic nitrogens is 8. The Labute approximate surface area is 736 Å². The van der Waals surface area contributed by atoms with Gasteiger partial charge in [-0.3, -0.25) is 0 Å². The number of para-hydroxylation sites is 4. The maximum absolute atomic E-state index is 6.20. The van der Waals surface area contributed by atoms with Gasteiger partial charge in [-0.05, 0) is 180 Å². The van der Waals surface area contributed by atoms with Crippen molar-refractivity contribution < 1.29 is 8.83 Å². The third kappa shape index (κ3) is 11.2. The third-order valence-electron chi connectivity index (χ3n) is 26.9. The van der Waals surface area contributed by atoms with Crippen molar-refractivity contribution in [3.8, 4) is 135 Å². The summed E-state index contributed by atoms with van der Waals surface area (Å²) in [5.74, 6) is 3.79. The van der Waals surface area contributed by atoms with Crippen molar-refractivity contribution in [1.82, 2.24) is 39.0 Å². The fraction of sp³-hybridized carbons (Fsp3) is 0.0339. The van der Waals surface area contributed by atoms with Crippen LogP contribution in [0.15, 0.2) is 421 Å². The van der Waals surface area contributed by atoms with Crippen LogP contribution >= 0.6 is 0 Å². The fourth-order valence-electron chi connectivity index (χ4n) is 21.1. The van der Waals surface area contributed by atoms with E-state index in [0.717, 1.165) is 139 Å². The predicted octanol–water partition coefficient (Wildman–Crippen LogP) is 29.7. The van der Waals surface area contributed by atoms with Crippen LogP contribution in [0.1, 0.15) is 47.2 Å². The van der Waals surface area contributed by atoms with Crippen LogP contribution < -0.4 is 0 Å². The summed E-state index contributed by atoms with van der Waals surface area (Å²) >= 11 is 0. The SMILES string of the molecule is CC1(C)c2ccccc2-c2ccc(-c3nc(-c4ccccc4)nc(-c4cccc(-n5c6ccccc6c6ccc(-c7ccc8oc9ccccc9c8c7)cc65)c4)n3)cc21.c1ccc(-c2nc(-c3cccc(-n4c5ccccc5c5ccc(-c6ccc7oc8ccccc8c7c6)cc54)c3)nc(-c3cccc4c3-c3ccccc3C43c4ccccc4-c4ccccc43)n2)cc1. The molecular weight excluding hydrogens is 1560 g/mol. The molecule has 0 N–H and O–H groups in total. The standard InChI is InChI=1S/C64H38N4O.C54H36N4O/c1-2-16-39(17-3-1)61-65-62(67-63(66-61)50-25-15-29-55-60(50)49-24-6-11-28-54(49)64(55)52-26-9-4-20-44(52)45-21-5-10-27-53(45)64)42-18-14-19-43(36-42)68-56-30-12-7-22-46(56)47-34-32-41(38-57(47)68)40-33-35-59-51(37-40)48-23-8-13-31-58(48)69-59;1-54(2)45-20-9-6-17-39(45)40-26-24-37(31-46(40)54)53-56-51(33-13-4-3-5-14-33)55-52(57-53)36-15-12-16-38(29-36)58-47-21-10-7-18-41(47)42-27-23-35(32-48(42)58)34-25-28-50-44(30-34)43-19-8-11-22-49(43)59-50/h1-38H;3-32H,1-2H3. The van der Waals surface area contributed by atoms with Gasteiger partial charge in [0.25, 0.3) is 0 Å². The highest BCUT2D eigenvalue weighted by Gasteiger charge is 2.52. The van der Waals surface area contributed by atoms with Crippen LogP contribution in [-0.2, 0) is 10.8 Å². The van der Waals surface area contributed by atoms with Gasteiger partial charge in [0, 0.05) is 93.3 Å². The Kier molecular flexibility index (Phi) is 16.1. The van der Waals surface area contributed by atoms with E-state index in [4.69, 9.17) is 38.7 Å². The van der Waals surface area contributed by atoms with Crippen LogP contribution in [0.4, 0.5) is 0 Å². The summed E-state index contributed by atoms with van der Waals surface area (Å²) in [6.45, 7) is 4.61. The predicted molar refractivity (Wildman–Crippen MR) is 520 cm³/mol. The number of fused-ring (bicyclic) bond motifs is 25. The molecule has 598 valence electrons. The molecule has 18 aromatic carbocycles. The summed E-state index contributed by atoms with van der Waals surface area (Å²) in [5, 5.41) is 9.25. The van der Waals surface area contributed by atoms with Crippen LogP contribution in [0.3, 0.4) is 0 Å². The summed E-state index contributed by atoms with van der Waals surface area (Å²) in [6.07, 6.45) is 0. The first kappa shape index (κ1) is 72.8. The molecule has 10 heteroatoms. The molecule has 0 bridgehead atoms. The number of nitrogens with zero attached hydrogens (tertiary/aromatic N) is 8. The average molecular weight is 1640 g/mol. The van der Waals surface area contributed by atoms with Crippen molar-refractivity contribution in [2.24, 2.45) is 0 Å². The van der Waals surface area contributed by atoms with E-state index in [1.807, 2.05) is 60.7 Å². The molecule has 6 heterocycles. The van der Waals surface area contributed by atoms with Crippen molar-refractivity contribution in [3.63, 3.8) is 0 Å². The largest absolute Gasteiger partial charge is 0.456 e. The Morgan fingerprint density at radius 3 is 1.05 bits per heavy atom. The summed E-state index contributed by atoms with van der Waals surface area (Å²) < 4.78 is 17.1. The Hall–Kier alpha value is -16.8. The second-order valence-electron chi connectivity index (χ2n) is 34.3. The lowest BCUT2D eigenvalue weighted by Crippen LogP contribution is -2.25. The molecule has 6 aromatic heterocycles. The van der Waals surface area contributed by atoms with Crippen LogP contribution in [0.5, 0.6) is 0 Å². The van der Waals surface area contributed by atoms with Gasteiger partial charge in [0.2, 0.25) is 0 Å². The number of benzene rings is 18. The first-order valence-corrected chi connectivity index (χ1v) is 43.6. The Morgan fingerprint density at radius 2 is 0.531 bits per heavy atom. The summed E-state index contributed by atoms with van der Waals surface area (Å²) in [4.78, 5) is 31.5. The zero-order valence-corrected chi connectivity index (χ0v) is 69.7. The normalized spacial score (nSPS) is 13.0. The Balaban J connectivity index is 0.000000137. The van der Waals surface area contributed by atoms with Gasteiger partial charge in [0.1, 0.15) is 22.3 Å². The van der Waals surface area contributed by atoms with Gasteiger partial charge >= 0.3 is 0 Å². The highest BCUT2D eigenvalue weighted by Crippen LogP contribution is 2.64. The third-order valence-corrected chi connectivity index (χ3v) is 26.9. The minimum Gasteiger partial charge on any atom is -0.456 e. The van der Waals surface area contributed by atoms with Crippen LogP contribution in [0.2, 0.25) is 0 Å². The zero-order chi connectivity index (χ0) is 84.5. The molecule has 24 aromatic rings. The maximum atomic E-state index is 6.20. The smallest absolute Gasteiger partial charge is 0.164 e. The van der Waals surface area contributed by atoms with Crippen LogP contribution in [0, 0.1) is 0 Å². The van der Waals surface area contributed by atoms with Gasteiger partial charge in [0.15, 0.2) is 34.9 Å². The first-order chi connectivity index (χ1) is 63.2. The van der Waals surface area contributed by atoms with E-state index in [-0.39, 0.29) is 5.41 Å². The topological polar surface area (TPSA) is 113 Å². The fourth-order valence-corrected chi connectivity index (χ4v) is 21.1. The lowest BCUT2D eigenvalue weighted by molar-refractivity contribution is 0.660. The lowest BCUT2D eigenvalue weighted by atomic mass is 9.70. The lowest BCUT2D eigenvalue weighted by Gasteiger charge is -2.30. The minimum atomic E-state index is -0.482. The van der Waals surface area contributed by atoms with Crippen LogP contribution in [-0.4, -0.2) is 39.0 Å². The number of hydrogen-bond donors (Lipinski definition) is 0. The van der Waals surface area contributed by atoms with E-state index < -0.39 is 5.41 Å². The maximum Gasteiger partial charge on any atom is 0.164 e. The molecule has 0 unspecified atom stereocenters. The molecule has 0 fully saturated rings. The van der Waals surface area contributed by atoms with Crippen LogP contribution in [0.25, 0.3) is 223 Å². The molecule has 0 radical (unpaired) electrons. The number of rotatable bonds is 10. The van der Waals surface area contributed by atoms with Gasteiger partial charge in [-0.15, -0.1) is 0 Å². The van der Waals surface area contributed by atoms with Crippen molar-refractivity contribution in [3.05, 3.63) is 446 Å². The van der Waals surface area contributed by atoms with Crippen molar-refractivity contribution in [2.45, 2.75) is 24.7 Å². The number of hydrogen-bond acceptors (Lipinski definition) is 8. The first-order valence-electron chi connectivity index (χ1n) is 43.6. The monoisotopic (exact) mass is 1630 g/mol. The zero-order valence-electron chi connectivity index (χ0n) is 69.7. The van der Waals surface area contributed by atoms with Gasteiger partial charge in [0.05, 0.1) is 27.5 Å². The molecule has 1 spiro atoms. The average Bonchev–Trinajstić information content (AvgIpc) is 1.50. The highest BCUT2D eigenvalue weighted by molar-refractivity contribution is 6.14. The van der Waals surface area contributed by atoms with E-state index in [1.54, 1.807) is 0 Å². The van der Waals surface area contributed by atoms with Crippen molar-refractivity contribution in [1.29, 1.82) is 0 Å². The summed E-state index contributed by atoms with van der Waals surface area (Å²) in [5.41, 5.74) is 34.9. The Bertz CT molecular complexity index is 8720. The molecule has 3 aliphatic carbocycles. The van der Waals surface area contributed by atoms with Crippen molar-refractivity contribution in [2.75, 3.05) is 0 Å². The van der Waals surface area contributed by atoms with E-state index in [0.29, 0.717) is 34.9 Å². The molecule has 10 nitrogen and oxygen atoms in total. The quantitative estimate of drug-likeness (QED) is 0.133. The van der Waals surface area contributed by atoms with E-state index >= 15 is 0 Å². The van der Waals surface area contributed by atoms with E-state index in [2.05, 4.69) is 375 Å². The molecule has 0 amide bonds. The number of furan rings is 2. The highest BCUT2D eigenvalue weighted by atomic mass is 16.3. The molecule has 3 aliphatic rings. The van der Waals surface area contributed by atoms with Gasteiger partial charge in [-0.1, -0.05) is 335 Å². The van der Waals surface area contributed by atoms with E-state index in [9.17, 15) is 0 Å². The van der Waals surface area contributed by atoms with Gasteiger partial charge in [-0.2, -0.15) is 0 Å².